The fourth-order valence-electron chi connectivity index (χ4n) is 1.59. The molecule has 0 saturated carbocycles. The SMILES string of the molecule is CC(CN)c1ccc2c(c1)SCCN2. The van der Waals surface area contributed by atoms with Crippen LogP contribution in [0.4, 0.5) is 5.69 Å². The van der Waals surface area contributed by atoms with Gasteiger partial charge in [0.2, 0.25) is 0 Å². The van der Waals surface area contributed by atoms with Gasteiger partial charge in [0.15, 0.2) is 0 Å². The maximum absolute atomic E-state index is 5.66. The third-order valence-corrected chi connectivity index (χ3v) is 3.66. The number of hydrogen-bond acceptors (Lipinski definition) is 3. The monoisotopic (exact) mass is 208 g/mol. The van der Waals surface area contributed by atoms with Gasteiger partial charge in [-0.05, 0) is 30.2 Å². The van der Waals surface area contributed by atoms with Crippen molar-refractivity contribution in [2.45, 2.75) is 17.7 Å². The van der Waals surface area contributed by atoms with Crippen molar-refractivity contribution >= 4 is 17.4 Å². The maximum atomic E-state index is 5.66. The predicted octanol–water partition coefficient (Wildman–Crippen LogP) is 2.27. The molecule has 3 N–H and O–H groups in total. The second kappa shape index (κ2) is 4.24. The second-order valence-corrected chi connectivity index (χ2v) is 4.80. The minimum Gasteiger partial charge on any atom is -0.383 e. The topological polar surface area (TPSA) is 38.0 Å². The molecule has 1 aliphatic rings. The first kappa shape index (κ1) is 9.87. The van der Waals surface area contributed by atoms with Gasteiger partial charge in [0.25, 0.3) is 0 Å². The quantitative estimate of drug-likeness (QED) is 0.783. The number of benzene rings is 1. The van der Waals surface area contributed by atoms with E-state index in [0.717, 1.165) is 18.8 Å². The molecule has 1 unspecified atom stereocenters. The molecule has 2 nitrogen and oxygen atoms in total. The molecule has 0 aliphatic carbocycles. The summed E-state index contributed by atoms with van der Waals surface area (Å²) in [6.07, 6.45) is 0. The summed E-state index contributed by atoms with van der Waals surface area (Å²) in [6.45, 7) is 3.96. The Kier molecular flexibility index (Phi) is 2.99. The highest BCUT2D eigenvalue weighted by Crippen LogP contribution is 2.33. The summed E-state index contributed by atoms with van der Waals surface area (Å²) in [4.78, 5) is 1.37. The average Bonchev–Trinajstić information content (AvgIpc) is 2.27. The van der Waals surface area contributed by atoms with Crippen LogP contribution >= 0.6 is 11.8 Å². The average molecular weight is 208 g/mol. The van der Waals surface area contributed by atoms with Gasteiger partial charge in [-0.15, -0.1) is 11.8 Å². The molecule has 1 atom stereocenters. The third-order valence-electron chi connectivity index (χ3n) is 2.60. The van der Waals surface area contributed by atoms with Crippen molar-refractivity contribution in [2.75, 3.05) is 24.2 Å². The van der Waals surface area contributed by atoms with Crippen molar-refractivity contribution in [1.29, 1.82) is 0 Å². The zero-order valence-electron chi connectivity index (χ0n) is 8.42. The number of hydrogen-bond donors (Lipinski definition) is 2. The molecule has 1 aromatic rings. The predicted molar refractivity (Wildman–Crippen MR) is 63.1 cm³/mol. The van der Waals surface area contributed by atoms with Crippen molar-refractivity contribution in [3.63, 3.8) is 0 Å². The zero-order chi connectivity index (χ0) is 9.97. The van der Waals surface area contributed by atoms with Gasteiger partial charge in [-0.25, -0.2) is 0 Å². The summed E-state index contributed by atoms with van der Waals surface area (Å²) < 4.78 is 0. The van der Waals surface area contributed by atoms with Crippen LogP contribution in [0.25, 0.3) is 0 Å². The number of nitrogens with one attached hydrogen (secondary N) is 1. The van der Waals surface area contributed by atoms with E-state index >= 15 is 0 Å². The molecule has 0 fully saturated rings. The molecule has 0 aromatic heterocycles. The minimum absolute atomic E-state index is 0.461. The smallest absolute Gasteiger partial charge is 0.0478 e. The normalized spacial score (nSPS) is 17.0. The van der Waals surface area contributed by atoms with Crippen LogP contribution in [0, 0.1) is 0 Å². The van der Waals surface area contributed by atoms with E-state index < -0.39 is 0 Å². The molecular formula is C11H16N2S. The maximum Gasteiger partial charge on any atom is 0.0478 e. The van der Waals surface area contributed by atoms with Crippen LogP contribution in [0.2, 0.25) is 0 Å². The summed E-state index contributed by atoms with van der Waals surface area (Å²) in [6, 6.07) is 6.61. The first-order valence-corrected chi connectivity index (χ1v) is 6.00. The van der Waals surface area contributed by atoms with Crippen LogP contribution in [0.5, 0.6) is 0 Å². The lowest BCUT2D eigenvalue weighted by Crippen LogP contribution is -2.12. The number of nitrogens with two attached hydrogens (primary N) is 1. The first-order chi connectivity index (χ1) is 6.81. The standard InChI is InChI=1S/C11H16N2S/c1-8(7-12)9-2-3-10-11(6-9)14-5-4-13-10/h2-3,6,8,13H,4-5,7,12H2,1H3. The Balaban J connectivity index is 2.29. The highest BCUT2D eigenvalue weighted by atomic mass is 32.2. The molecule has 0 saturated heterocycles. The van der Waals surface area contributed by atoms with Gasteiger partial charge in [0.1, 0.15) is 0 Å². The van der Waals surface area contributed by atoms with E-state index in [9.17, 15) is 0 Å². The molecule has 76 valence electrons. The van der Waals surface area contributed by atoms with Crippen LogP contribution in [-0.4, -0.2) is 18.8 Å². The Morgan fingerprint density at radius 3 is 3.21 bits per heavy atom. The summed E-state index contributed by atoms with van der Waals surface area (Å²) in [5.41, 5.74) is 8.28. The largest absolute Gasteiger partial charge is 0.383 e. The van der Waals surface area contributed by atoms with Crippen LogP contribution in [0.15, 0.2) is 23.1 Å². The lowest BCUT2D eigenvalue weighted by molar-refractivity contribution is 0.771. The summed E-state index contributed by atoms with van der Waals surface area (Å²) in [5.74, 6) is 1.62. The fourth-order valence-corrected chi connectivity index (χ4v) is 2.53. The Morgan fingerprint density at radius 2 is 2.43 bits per heavy atom. The molecule has 1 heterocycles. The highest BCUT2D eigenvalue weighted by Gasteiger charge is 2.11. The van der Waals surface area contributed by atoms with Gasteiger partial charge >= 0.3 is 0 Å². The lowest BCUT2D eigenvalue weighted by atomic mass is 10.0. The molecular weight excluding hydrogens is 192 g/mol. The molecule has 14 heavy (non-hydrogen) atoms. The minimum atomic E-state index is 0.461. The number of thioether (sulfide) groups is 1. The van der Waals surface area contributed by atoms with Crippen LogP contribution in [0.3, 0.4) is 0 Å². The van der Waals surface area contributed by atoms with Crippen molar-refractivity contribution < 1.29 is 0 Å². The number of rotatable bonds is 2. The Bertz CT molecular complexity index is 325. The molecule has 1 aliphatic heterocycles. The Morgan fingerprint density at radius 1 is 1.57 bits per heavy atom. The van der Waals surface area contributed by atoms with E-state index in [2.05, 4.69) is 30.4 Å². The van der Waals surface area contributed by atoms with Crippen LogP contribution < -0.4 is 11.1 Å². The molecule has 2 rings (SSSR count). The Hall–Kier alpha value is -0.670. The highest BCUT2D eigenvalue weighted by molar-refractivity contribution is 7.99. The number of anilines is 1. The van der Waals surface area contributed by atoms with Gasteiger partial charge in [-0.1, -0.05) is 13.0 Å². The van der Waals surface area contributed by atoms with Gasteiger partial charge in [0.05, 0.1) is 0 Å². The van der Waals surface area contributed by atoms with Crippen molar-refractivity contribution in [2.24, 2.45) is 5.73 Å². The van der Waals surface area contributed by atoms with E-state index in [-0.39, 0.29) is 0 Å². The van der Waals surface area contributed by atoms with Crippen molar-refractivity contribution in [3.05, 3.63) is 23.8 Å². The third kappa shape index (κ3) is 1.88. The van der Waals surface area contributed by atoms with E-state index in [1.54, 1.807) is 0 Å². The van der Waals surface area contributed by atoms with E-state index in [1.165, 1.54) is 16.1 Å². The summed E-state index contributed by atoms with van der Waals surface area (Å²) in [5, 5.41) is 3.39. The molecule has 0 radical (unpaired) electrons. The Labute approximate surface area is 89.3 Å². The molecule has 3 heteroatoms. The number of fused-ring (bicyclic) bond motifs is 1. The van der Waals surface area contributed by atoms with Crippen molar-refractivity contribution in [1.82, 2.24) is 0 Å². The molecule has 0 bridgehead atoms. The summed E-state index contributed by atoms with van der Waals surface area (Å²) >= 11 is 1.93. The second-order valence-electron chi connectivity index (χ2n) is 3.67. The van der Waals surface area contributed by atoms with E-state index in [0.29, 0.717) is 5.92 Å². The zero-order valence-corrected chi connectivity index (χ0v) is 9.23. The lowest BCUT2D eigenvalue weighted by Gasteiger charge is -2.19. The van der Waals surface area contributed by atoms with Gasteiger partial charge in [-0.3, -0.25) is 0 Å². The van der Waals surface area contributed by atoms with Crippen LogP contribution in [0.1, 0.15) is 18.4 Å². The van der Waals surface area contributed by atoms with Crippen LogP contribution in [-0.2, 0) is 0 Å². The van der Waals surface area contributed by atoms with E-state index in [4.69, 9.17) is 5.73 Å². The molecule has 1 aromatic carbocycles. The first-order valence-electron chi connectivity index (χ1n) is 5.02. The van der Waals surface area contributed by atoms with Gasteiger partial charge < -0.3 is 11.1 Å². The van der Waals surface area contributed by atoms with Gasteiger partial charge in [0, 0.05) is 22.9 Å². The van der Waals surface area contributed by atoms with E-state index in [1.807, 2.05) is 11.8 Å². The summed E-state index contributed by atoms with van der Waals surface area (Å²) in [7, 11) is 0. The van der Waals surface area contributed by atoms with Gasteiger partial charge in [-0.2, -0.15) is 0 Å². The van der Waals surface area contributed by atoms with Crippen molar-refractivity contribution in [3.8, 4) is 0 Å². The molecule has 0 spiro atoms. The molecule has 0 amide bonds. The fraction of sp³-hybridized carbons (Fsp3) is 0.455.